The normalized spacial score (nSPS) is 17.9. The fraction of sp³-hybridized carbons (Fsp3) is 0.526. The molecule has 0 bridgehead atoms. The van der Waals surface area contributed by atoms with Crippen molar-refractivity contribution in [1.82, 2.24) is 9.88 Å². The number of rotatable bonds is 4. The van der Waals surface area contributed by atoms with E-state index in [1.165, 1.54) is 22.7 Å². The largest absolute Gasteiger partial charge is 0.334 e. The molecule has 3 rings (SSSR count). The monoisotopic (exact) mass is 376 g/mol. The number of hydrogen-bond acceptors (Lipinski definition) is 5. The molecule has 2 aromatic heterocycles. The molecule has 3 heterocycles. The summed E-state index contributed by atoms with van der Waals surface area (Å²) in [5.41, 5.74) is 0.739. The highest BCUT2D eigenvalue weighted by Gasteiger charge is 2.34. The van der Waals surface area contributed by atoms with E-state index in [1.54, 1.807) is 0 Å². The summed E-state index contributed by atoms with van der Waals surface area (Å²) in [4.78, 5) is 33.5. The molecule has 1 aliphatic rings. The van der Waals surface area contributed by atoms with Gasteiger partial charge in [-0.1, -0.05) is 26.8 Å². The highest BCUT2D eigenvalue weighted by atomic mass is 32.1. The molecule has 0 N–H and O–H groups in total. The number of carbonyl (C=O) groups is 2. The minimum atomic E-state index is -0.0620. The van der Waals surface area contributed by atoms with Crippen molar-refractivity contribution < 1.29 is 9.59 Å². The van der Waals surface area contributed by atoms with Gasteiger partial charge in [-0.25, -0.2) is 4.98 Å². The Morgan fingerprint density at radius 1 is 1.36 bits per heavy atom. The van der Waals surface area contributed by atoms with E-state index < -0.39 is 0 Å². The van der Waals surface area contributed by atoms with Gasteiger partial charge in [-0.2, -0.15) is 0 Å². The molecular weight excluding hydrogens is 352 g/mol. The van der Waals surface area contributed by atoms with Gasteiger partial charge in [0.15, 0.2) is 5.78 Å². The number of thiazole rings is 1. The number of Topliss-reactive ketones (excluding diaryl/α,β-unsaturated/α-hetero) is 1. The Labute approximate surface area is 156 Å². The lowest BCUT2D eigenvalue weighted by atomic mass is 9.98. The summed E-state index contributed by atoms with van der Waals surface area (Å²) in [6.07, 6.45) is 2.27. The third-order valence-corrected chi connectivity index (χ3v) is 6.97. The van der Waals surface area contributed by atoms with Gasteiger partial charge < -0.3 is 4.90 Å². The van der Waals surface area contributed by atoms with Gasteiger partial charge in [0.25, 0.3) is 5.91 Å². The molecule has 2 aromatic rings. The first-order valence-corrected chi connectivity index (χ1v) is 10.3. The lowest BCUT2D eigenvalue weighted by molar-refractivity contribution is 0.0721. The van der Waals surface area contributed by atoms with E-state index in [1.807, 2.05) is 29.3 Å². The van der Waals surface area contributed by atoms with E-state index in [9.17, 15) is 9.59 Å². The second kappa shape index (κ2) is 7.00. The summed E-state index contributed by atoms with van der Waals surface area (Å²) in [7, 11) is 0. The van der Waals surface area contributed by atoms with Crippen LogP contribution in [0.2, 0.25) is 0 Å². The van der Waals surface area contributed by atoms with E-state index in [4.69, 9.17) is 0 Å². The van der Waals surface area contributed by atoms with Crippen LogP contribution in [0, 0.1) is 6.92 Å². The van der Waals surface area contributed by atoms with Crippen molar-refractivity contribution in [3.8, 4) is 0 Å². The SMILES string of the molecule is Cc1nc(C(C)(C)C)sc1C(=O)N1CCCC1CC(=O)c1cccs1. The molecule has 0 saturated carbocycles. The summed E-state index contributed by atoms with van der Waals surface area (Å²) >= 11 is 2.96. The maximum atomic E-state index is 13.1. The van der Waals surface area contributed by atoms with Crippen LogP contribution in [-0.4, -0.2) is 34.2 Å². The average Bonchev–Trinajstić information content (AvgIpc) is 3.25. The maximum Gasteiger partial charge on any atom is 0.266 e. The highest BCUT2D eigenvalue weighted by molar-refractivity contribution is 7.14. The molecule has 0 aromatic carbocycles. The smallest absolute Gasteiger partial charge is 0.266 e. The second-order valence-electron chi connectivity index (χ2n) is 7.58. The van der Waals surface area contributed by atoms with Gasteiger partial charge in [0, 0.05) is 24.4 Å². The summed E-state index contributed by atoms with van der Waals surface area (Å²) in [5.74, 6) is 0.170. The predicted octanol–water partition coefficient (Wildman–Crippen LogP) is 4.69. The number of ketones is 1. The van der Waals surface area contributed by atoms with Crippen LogP contribution in [-0.2, 0) is 5.41 Å². The lowest BCUT2D eigenvalue weighted by Gasteiger charge is -2.23. The number of likely N-dealkylation sites (tertiary alicyclic amines) is 1. The van der Waals surface area contributed by atoms with Crippen LogP contribution < -0.4 is 0 Å². The zero-order valence-electron chi connectivity index (χ0n) is 15.2. The zero-order chi connectivity index (χ0) is 18.2. The van der Waals surface area contributed by atoms with E-state index in [-0.39, 0.29) is 23.1 Å². The van der Waals surface area contributed by atoms with Gasteiger partial charge in [0.1, 0.15) is 4.88 Å². The van der Waals surface area contributed by atoms with Gasteiger partial charge in [0.05, 0.1) is 15.6 Å². The van der Waals surface area contributed by atoms with E-state index in [2.05, 4.69) is 25.8 Å². The molecule has 6 heteroatoms. The molecule has 1 fully saturated rings. The van der Waals surface area contributed by atoms with Crippen LogP contribution >= 0.6 is 22.7 Å². The first-order chi connectivity index (χ1) is 11.8. The number of thiophene rings is 1. The number of hydrogen-bond donors (Lipinski definition) is 0. The van der Waals surface area contributed by atoms with Gasteiger partial charge >= 0.3 is 0 Å². The number of aromatic nitrogens is 1. The Morgan fingerprint density at radius 3 is 2.72 bits per heavy atom. The number of amides is 1. The molecule has 0 radical (unpaired) electrons. The van der Waals surface area contributed by atoms with Gasteiger partial charge in [0.2, 0.25) is 0 Å². The van der Waals surface area contributed by atoms with Crippen LogP contribution in [0.15, 0.2) is 17.5 Å². The quantitative estimate of drug-likeness (QED) is 0.728. The summed E-state index contributed by atoms with van der Waals surface area (Å²) < 4.78 is 0. The molecular formula is C19H24N2O2S2. The first-order valence-electron chi connectivity index (χ1n) is 8.63. The maximum absolute atomic E-state index is 13.1. The second-order valence-corrected chi connectivity index (χ2v) is 9.53. The van der Waals surface area contributed by atoms with Crippen molar-refractivity contribution in [2.75, 3.05) is 6.54 Å². The fourth-order valence-electron chi connectivity index (χ4n) is 3.11. The molecule has 1 saturated heterocycles. The Morgan fingerprint density at radius 2 is 2.12 bits per heavy atom. The Balaban J connectivity index is 1.77. The van der Waals surface area contributed by atoms with Crippen molar-refractivity contribution in [2.24, 2.45) is 0 Å². The number of carbonyl (C=O) groups excluding carboxylic acids is 2. The van der Waals surface area contributed by atoms with Crippen LogP contribution in [0.3, 0.4) is 0 Å². The third kappa shape index (κ3) is 3.85. The van der Waals surface area contributed by atoms with Gasteiger partial charge in [-0.15, -0.1) is 22.7 Å². The van der Waals surface area contributed by atoms with Gasteiger partial charge in [-0.3, -0.25) is 9.59 Å². The minimum Gasteiger partial charge on any atom is -0.334 e. The Bertz CT molecular complexity index is 772. The fourth-order valence-corrected chi connectivity index (χ4v) is 4.87. The topological polar surface area (TPSA) is 50.3 Å². The summed E-state index contributed by atoms with van der Waals surface area (Å²) in [6, 6.07) is 3.75. The van der Waals surface area contributed by atoms with Crippen molar-refractivity contribution in [3.63, 3.8) is 0 Å². The molecule has 134 valence electrons. The Kier molecular flexibility index (Phi) is 5.11. The van der Waals surface area contributed by atoms with Crippen LogP contribution in [0.5, 0.6) is 0 Å². The molecule has 1 aliphatic heterocycles. The molecule has 0 spiro atoms. The predicted molar refractivity (Wildman–Crippen MR) is 103 cm³/mol. The average molecular weight is 377 g/mol. The third-order valence-electron chi connectivity index (χ3n) is 4.49. The number of aryl methyl sites for hydroxylation is 1. The first kappa shape index (κ1) is 18.3. The van der Waals surface area contributed by atoms with E-state index in [0.29, 0.717) is 6.42 Å². The van der Waals surface area contributed by atoms with Crippen LogP contribution in [0.25, 0.3) is 0 Å². The van der Waals surface area contributed by atoms with Gasteiger partial charge in [-0.05, 0) is 31.2 Å². The molecule has 1 atom stereocenters. The van der Waals surface area contributed by atoms with Crippen molar-refractivity contribution in [1.29, 1.82) is 0 Å². The number of nitrogens with zero attached hydrogens (tertiary/aromatic N) is 2. The Hall–Kier alpha value is -1.53. The molecule has 25 heavy (non-hydrogen) atoms. The standard InChI is InChI=1S/C19H24N2O2S2/c1-12-16(25-18(20-12)19(2,3)4)17(23)21-9-5-7-13(21)11-14(22)15-8-6-10-24-15/h6,8,10,13H,5,7,9,11H2,1-4H3. The highest BCUT2D eigenvalue weighted by Crippen LogP contribution is 2.32. The minimum absolute atomic E-state index is 0.00156. The lowest BCUT2D eigenvalue weighted by Crippen LogP contribution is -2.36. The van der Waals surface area contributed by atoms with Crippen molar-refractivity contribution in [3.05, 3.63) is 38.0 Å². The summed E-state index contributed by atoms with van der Waals surface area (Å²) in [5, 5.41) is 2.90. The zero-order valence-corrected chi connectivity index (χ0v) is 16.8. The van der Waals surface area contributed by atoms with Crippen molar-refractivity contribution >= 4 is 34.4 Å². The van der Waals surface area contributed by atoms with Crippen LogP contribution in [0.4, 0.5) is 0 Å². The van der Waals surface area contributed by atoms with E-state index >= 15 is 0 Å². The molecule has 4 nitrogen and oxygen atoms in total. The summed E-state index contributed by atoms with van der Waals surface area (Å²) in [6.45, 7) is 8.96. The van der Waals surface area contributed by atoms with Crippen LogP contribution in [0.1, 0.15) is 70.1 Å². The van der Waals surface area contributed by atoms with E-state index in [0.717, 1.165) is 39.8 Å². The van der Waals surface area contributed by atoms with Crippen molar-refractivity contribution in [2.45, 2.75) is 58.4 Å². The molecule has 1 amide bonds. The molecule has 0 aliphatic carbocycles. The molecule has 1 unspecified atom stereocenters.